The number of amides is 2. The van der Waals surface area contributed by atoms with Crippen molar-refractivity contribution in [3.63, 3.8) is 0 Å². The van der Waals surface area contributed by atoms with Crippen LogP contribution in [0.25, 0.3) is 0 Å². The van der Waals surface area contributed by atoms with Crippen LogP contribution >= 0.6 is 0 Å². The van der Waals surface area contributed by atoms with Crippen molar-refractivity contribution in [1.82, 2.24) is 5.43 Å². The Morgan fingerprint density at radius 1 is 1.16 bits per heavy atom. The largest absolute Gasteiger partial charge is 0.507 e. The first-order chi connectivity index (χ1) is 11.9. The van der Waals surface area contributed by atoms with Gasteiger partial charge in [-0.25, -0.2) is 9.82 Å². The number of phenolic OH excluding ortho intramolecular Hbond substituents is 1. The van der Waals surface area contributed by atoms with Gasteiger partial charge in [0.15, 0.2) is 0 Å². The molecule has 9 nitrogen and oxygen atoms in total. The summed E-state index contributed by atoms with van der Waals surface area (Å²) in [5.41, 5.74) is 1.81. The first kappa shape index (κ1) is 17.5. The normalized spacial score (nSPS) is 10.4. The number of benzene rings is 2. The number of hydrazone groups is 1. The Balaban J connectivity index is 1.98. The van der Waals surface area contributed by atoms with E-state index in [1.165, 1.54) is 12.1 Å². The molecule has 2 amide bonds. The lowest BCUT2D eigenvalue weighted by Gasteiger charge is -2.03. The number of non-ortho nitro benzene ring substituents is 1. The van der Waals surface area contributed by atoms with Crippen molar-refractivity contribution >= 4 is 29.4 Å². The molecule has 2 aromatic rings. The van der Waals surface area contributed by atoms with Gasteiger partial charge < -0.3 is 10.4 Å². The molecule has 3 N–H and O–H groups in total. The number of rotatable bonds is 4. The number of halogens is 1. The third kappa shape index (κ3) is 4.82. The van der Waals surface area contributed by atoms with Gasteiger partial charge in [-0.2, -0.15) is 5.10 Å². The fourth-order valence-electron chi connectivity index (χ4n) is 1.69. The van der Waals surface area contributed by atoms with Gasteiger partial charge >= 0.3 is 11.8 Å². The summed E-state index contributed by atoms with van der Waals surface area (Å²) >= 11 is 0. The van der Waals surface area contributed by atoms with Gasteiger partial charge in [-0.3, -0.25) is 19.7 Å². The lowest BCUT2D eigenvalue weighted by atomic mass is 10.2. The monoisotopic (exact) mass is 346 g/mol. The van der Waals surface area contributed by atoms with Crippen molar-refractivity contribution < 1.29 is 24.0 Å². The summed E-state index contributed by atoms with van der Waals surface area (Å²) in [6.07, 6.45) is 0.950. The number of nitro groups is 1. The van der Waals surface area contributed by atoms with Crippen molar-refractivity contribution in [3.05, 3.63) is 64.0 Å². The standard InChI is InChI=1S/C15H11FN4O5/c16-10-1-3-11(4-2-10)18-14(22)15(23)19-17-8-9-7-12(20(24)25)5-6-13(9)21/h1-8,21H,(H,18,22)(H,19,23). The second-order valence-corrected chi connectivity index (χ2v) is 4.66. The molecule has 0 bridgehead atoms. The van der Waals surface area contributed by atoms with Crippen molar-refractivity contribution in [2.75, 3.05) is 5.32 Å². The third-order valence-corrected chi connectivity index (χ3v) is 2.90. The van der Waals surface area contributed by atoms with Crippen LogP contribution in [-0.2, 0) is 9.59 Å². The van der Waals surface area contributed by atoms with Gasteiger partial charge in [0.1, 0.15) is 11.6 Å². The highest BCUT2D eigenvalue weighted by Crippen LogP contribution is 2.21. The summed E-state index contributed by atoms with van der Waals surface area (Å²) in [7, 11) is 0. The van der Waals surface area contributed by atoms with Gasteiger partial charge in [0.2, 0.25) is 0 Å². The predicted octanol–water partition coefficient (Wildman–Crippen LogP) is 1.53. The molecule has 0 aromatic heterocycles. The molecule has 0 aliphatic carbocycles. The first-order valence-electron chi connectivity index (χ1n) is 6.74. The Bertz CT molecular complexity index is 852. The average molecular weight is 346 g/mol. The van der Waals surface area contributed by atoms with E-state index in [1.807, 2.05) is 5.43 Å². The number of nitrogens with one attached hydrogen (secondary N) is 2. The molecule has 0 aliphatic rings. The zero-order valence-corrected chi connectivity index (χ0v) is 12.5. The quantitative estimate of drug-likeness (QED) is 0.334. The number of carbonyl (C=O) groups excluding carboxylic acids is 2. The number of hydrogen-bond acceptors (Lipinski definition) is 6. The Labute approximate surface area is 139 Å². The zero-order valence-electron chi connectivity index (χ0n) is 12.5. The predicted molar refractivity (Wildman–Crippen MR) is 85.5 cm³/mol. The van der Waals surface area contributed by atoms with E-state index in [4.69, 9.17) is 0 Å². The molecule has 128 valence electrons. The van der Waals surface area contributed by atoms with E-state index in [0.717, 1.165) is 36.5 Å². The zero-order chi connectivity index (χ0) is 18.4. The van der Waals surface area contributed by atoms with Crippen LogP contribution in [0.2, 0.25) is 0 Å². The summed E-state index contributed by atoms with van der Waals surface area (Å²) < 4.78 is 12.7. The van der Waals surface area contributed by atoms with Crippen LogP contribution in [0.1, 0.15) is 5.56 Å². The Morgan fingerprint density at radius 2 is 1.84 bits per heavy atom. The molecule has 0 heterocycles. The number of carbonyl (C=O) groups is 2. The molecular formula is C15H11FN4O5. The number of aromatic hydroxyl groups is 1. The van der Waals surface area contributed by atoms with Gasteiger partial charge in [-0.1, -0.05) is 0 Å². The molecule has 0 radical (unpaired) electrons. The summed E-state index contributed by atoms with van der Waals surface area (Å²) in [5, 5.41) is 25.9. The van der Waals surface area contributed by atoms with E-state index in [-0.39, 0.29) is 22.7 Å². The molecule has 0 fully saturated rings. The van der Waals surface area contributed by atoms with Gasteiger partial charge in [0.25, 0.3) is 5.69 Å². The summed E-state index contributed by atoms with van der Waals surface area (Å²) in [4.78, 5) is 33.2. The molecule has 0 aliphatic heterocycles. The molecule has 2 rings (SSSR count). The summed E-state index contributed by atoms with van der Waals surface area (Å²) in [6, 6.07) is 8.00. The smallest absolute Gasteiger partial charge is 0.329 e. The van der Waals surface area contributed by atoms with Gasteiger partial charge in [-0.05, 0) is 30.3 Å². The molecule has 0 saturated carbocycles. The van der Waals surface area contributed by atoms with E-state index in [2.05, 4.69) is 10.4 Å². The lowest BCUT2D eigenvalue weighted by Crippen LogP contribution is -2.32. The highest BCUT2D eigenvalue weighted by atomic mass is 19.1. The van der Waals surface area contributed by atoms with Crippen molar-refractivity contribution in [1.29, 1.82) is 0 Å². The van der Waals surface area contributed by atoms with Crippen LogP contribution in [0.3, 0.4) is 0 Å². The van der Waals surface area contributed by atoms with Crippen LogP contribution < -0.4 is 10.7 Å². The fraction of sp³-hybridized carbons (Fsp3) is 0. The Morgan fingerprint density at radius 3 is 2.48 bits per heavy atom. The summed E-state index contributed by atoms with van der Waals surface area (Å²) in [6.45, 7) is 0. The van der Waals surface area contributed by atoms with Gasteiger partial charge in [-0.15, -0.1) is 0 Å². The van der Waals surface area contributed by atoms with Crippen LogP contribution in [0.5, 0.6) is 5.75 Å². The van der Waals surface area contributed by atoms with Crippen molar-refractivity contribution in [2.24, 2.45) is 5.10 Å². The number of nitrogens with zero attached hydrogens (tertiary/aromatic N) is 2. The molecule has 25 heavy (non-hydrogen) atoms. The maximum absolute atomic E-state index is 12.7. The van der Waals surface area contributed by atoms with E-state index >= 15 is 0 Å². The minimum atomic E-state index is -1.12. The number of anilines is 1. The minimum Gasteiger partial charge on any atom is -0.507 e. The van der Waals surface area contributed by atoms with E-state index in [0.29, 0.717) is 0 Å². The minimum absolute atomic E-state index is 0.0200. The fourth-order valence-corrected chi connectivity index (χ4v) is 1.69. The molecule has 0 saturated heterocycles. The third-order valence-electron chi connectivity index (χ3n) is 2.90. The maximum atomic E-state index is 12.7. The average Bonchev–Trinajstić information content (AvgIpc) is 2.58. The van der Waals surface area contributed by atoms with Gasteiger partial charge in [0, 0.05) is 23.4 Å². The van der Waals surface area contributed by atoms with Gasteiger partial charge in [0.05, 0.1) is 11.1 Å². The number of phenols is 1. The molecule has 0 unspecified atom stereocenters. The highest BCUT2D eigenvalue weighted by molar-refractivity contribution is 6.39. The Kier molecular flexibility index (Phi) is 5.36. The van der Waals surface area contributed by atoms with Crippen molar-refractivity contribution in [2.45, 2.75) is 0 Å². The topological polar surface area (TPSA) is 134 Å². The number of hydrogen-bond donors (Lipinski definition) is 3. The second-order valence-electron chi connectivity index (χ2n) is 4.66. The van der Waals surface area contributed by atoms with Crippen LogP contribution in [0, 0.1) is 15.9 Å². The number of nitro benzene ring substituents is 1. The molecule has 0 atom stereocenters. The molecule has 10 heteroatoms. The molecule has 0 spiro atoms. The van der Waals surface area contributed by atoms with E-state index < -0.39 is 22.6 Å². The van der Waals surface area contributed by atoms with Crippen molar-refractivity contribution in [3.8, 4) is 5.75 Å². The SMILES string of the molecule is O=C(NN=Cc1cc([N+](=O)[O-])ccc1O)C(=O)Nc1ccc(F)cc1. The van der Waals surface area contributed by atoms with E-state index in [1.54, 1.807) is 0 Å². The lowest BCUT2D eigenvalue weighted by molar-refractivity contribution is -0.384. The van der Waals surface area contributed by atoms with Crippen LogP contribution in [0.4, 0.5) is 15.8 Å². The van der Waals surface area contributed by atoms with Crippen LogP contribution in [0.15, 0.2) is 47.6 Å². The second kappa shape index (κ2) is 7.64. The van der Waals surface area contributed by atoms with E-state index in [9.17, 15) is 29.2 Å². The molecular weight excluding hydrogens is 335 g/mol. The maximum Gasteiger partial charge on any atom is 0.329 e. The first-order valence-corrected chi connectivity index (χ1v) is 6.74. The Hall–Kier alpha value is -3.82. The molecule has 2 aromatic carbocycles. The summed E-state index contributed by atoms with van der Waals surface area (Å²) in [5.74, 6) is -2.96. The highest BCUT2D eigenvalue weighted by Gasteiger charge is 2.13. The van der Waals surface area contributed by atoms with Crippen LogP contribution in [-0.4, -0.2) is 28.1 Å².